The fourth-order valence-corrected chi connectivity index (χ4v) is 3.32. The molecule has 1 saturated carbocycles. The summed E-state index contributed by atoms with van der Waals surface area (Å²) in [5, 5.41) is 0. The standard InChI is InChI=1S/C12H26N2S/c1-10(9-15-3)14(2)8-12-6-4-5-11(12)7-13/h10-12H,4-9,13H2,1-3H3. The van der Waals surface area contributed by atoms with Crippen molar-refractivity contribution >= 4 is 11.8 Å². The van der Waals surface area contributed by atoms with E-state index in [1.165, 1.54) is 31.6 Å². The number of nitrogens with zero attached hydrogens (tertiary/aromatic N) is 1. The summed E-state index contributed by atoms with van der Waals surface area (Å²) >= 11 is 1.94. The predicted octanol–water partition coefficient (Wildman–Crippen LogP) is 2.04. The van der Waals surface area contributed by atoms with E-state index < -0.39 is 0 Å². The average Bonchev–Trinajstić information content (AvgIpc) is 2.65. The largest absolute Gasteiger partial charge is 0.330 e. The first-order valence-electron chi connectivity index (χ1n) is 6.08. The highest BCUT2D eigenvalue weighted by Gasteiger charge is 2.27. The second kappa shape index (κ2) is 6.77. The molecule has 3 unspecified atom stereocenters. The zero-order valence-corrected chi connectivity index (χ0v) is 11.2. The summed E-state index contributed by atoms with van der Waals surface area (Å²) in [6, 6.07) is 0.694. The van der Waals surface area contributed by atoms with Crippen LogP contribution in [-0.4, -0.2) is 43.1 Å². The molecule has 3 atom stereocenters. The molecule has 2 N–H and O–H groups in total. The first-order valence-corrected chi connectivity index (χ1v) is 7.47. The van der Waals surface area contributed by atoms with Crippen LogP contribution in [0.25, 0.3) is 0 Å². The van der Waals surface area contributed by atoms with Crippen LogP contribution in [0.1, 0.15) is 26.2 Å². The van der Waals surface area contributed by atoms with Crippen molar-refractivity contribution in [1.82, 2.24) is 4.90 Å². The molecule has 1 aliphatic rings. The number of hydrogen-bond donors (Lipinski definition) is 1. The van der Waals surface area contributed by atoms with Crippen LogP contribution in [0.4, 0.5) is 0 Å². The third kappa shape index (κ3) is 3.97. The summed E-state index contributed by atoms with van der Waals surface area (Å²) in [7, 11) is 2.26. The van der Waals surface area contributed by atoms with Gasteiger partial charge < -0.3 is 10.6 Å². The molecule has 0 bridgehead atoms. The Morgan fingerprint density at radius 1 is 1.40 bits per heavy atom. The molecule has 0 saturated heterocycles. The normalized spacial score (nSPS) is 28.6. The van der Waals surface area contributed by atoms with Gasteiger partial charge in [-0.15, -0.1) is 0 Å². The highest BCUT2D eigenvalue weighted by Crippen LogP contribution is 2.31. The van der Waals surface area contributed by atoms with Crippen molar-refractivity contribution in [1.29, 1.82) is 0 Å². The van der Waals surface area contributed by atoms with Gasteiger partial charge in [0.1, 0.15) is 0 Å². The summed E-state index contributed by atoms with van der Waals surface area (Å²) in [6.45, 7) is 4.45. The summed E-state index contributed by atoms with van der Waals surface area (Å²) in [4.78, 5) is 2.51. The van der Waals surface area contributed by atoms with Crippen molar-refractivity contribution < 1.29 is 0 Å². The maximum atomic E-state index is 5.81. The topological polar surface area (TPSA) is 29.3 Å². The smallest absolute Gasteiger partial charge is 0.0155 e. The van der Waals surface area contributed by atoms with Crippen molar-refractivity contribution in [2.75, 3.05) is 32.1 Å². The van der Waals surface area contributed by atoms with Gasteiger partial charge in [-0.05, 0) is 51.4 Å². The SMILES string of the molecule is CSCC(C)N(C)CC1CCCC1CN. The van der Waals surface area contributed by atoms with Gasteiger partial charge >= 0.3 is 0 Å². The first kappa shape index (κ1) is 13.3. The Hall–Kier alpha value is 0.270. The van der Waals surface area contributed by atoms with E-state index in [1.54, 1.807) is 0 Å². The minimum Gasteiger partial charge on any atom is -0.330 e. The van der Waals surface area contributed by atoms with Gasteiger partial charge in [-0.25, -0.2) is 0 Å². The highest BCUT2D eigenvalue weighted by atomic mass is 32.2. The van der Waals surface area contributed by atoms with Crippen LogP contribution in [0, 0.1) is 11.8 Å². The van der Waals surface area contributed by atoms with Gasteiger partial charge in [-0.2, -0.15) is 11.8 Å². The summed E-state index contributed by atoms with van der Waals surface area (Å²) in [5.74, 6) is 2.87. The molecular formula is C12H26N2S. The Bertz CT molecular complexity index is 175. The quantitative estimate of drug-likeness (QED) is 0.757. The van der Waals surface area contributed by atoms with Crippen LogP contribution in [0.2, 0.25) is 0 Å². The molecule has 1 rings (SSSR count). The van der Waals surface area contributed by atoms with E-state index in [4.69, 9.17) is 5.73 Å². The molecule has 1 aliphatic carbocycles. The highest BCUT2D eigenvalue weighted by molar-refractivity contribution is 7.98. The lowest BCUT2D eigenvalue weighted by atomic mass is 9.95. The van der Waals surface area contributed by atoms with E-state index in [2.05, 4.69) is 25.1 Å². The zero-order valence-electron chi connectivity index (χ0n) is 10.4. The lowest BCUT2D eigenvalue weighted by Crippen LogP contribution is -2.37. The molecular weight excluding hydrogens is 204 g/mol. The molecule has 3 heteroatoms. The number of rotatable bonds is 6. The van der Waals surface area contributed by atoms with Gasteiger partial charge in [-0.1, -0.05) is 6.42 Å². The summed E-state index contributed by atoms with van der Waals surface area (Å²) in [6.07, 6.45) is 6.31. The van der Waals surface area contributed by atoms with E-state index in [-0.39, 0.29) is 0 Å². The molecule has 0 amide bonds. The van der Waals surface area contributed by atoms with E-state index >= 15 is 0 Å². The number of thioether (sulfide) groups is 1. The van der Waals surface area contributed by atoms with E-state index in [0.717, 1.165) is 18.4 Å². The van der Waals surface area contributed by atoms with Gasteiger partial charge in [-0.3, -0.25) is 0 Å². The summed E-state index contributed by atoms with van der Waals surface area (Å²) < 4.78 is 0. The second-order valence-corrected chi connectivity index (χ2v) is 5.84. The van der Waals surface area contributed by atoms with Gasteiger partial charge in [0.25, 0.3) is 0 Å². The van der Waals surface area contributed by atoms with Crippen molar-refractivity contribution in [3.05, 3.63) is 0 Å². The van der Waals surface area contributed by atoms with Crippen LogP contribution in [0.15, 0.2) is 0 Å². The molecule has 15 heavy (non-hydrogen) atoms. The molecule has 0 spiro atoms. The second-order valence-electron chi connectivity index (χ2n) is 4.93. The van der Waals surface area contributed by atoms with Gasteiger partial charge in [0.2, 0.25) is 0 Å². The maximum Gasteiger partial charge on any atom is 0.0155 e. The number of hydrogen-bond acceptors (Lipinski definition) is 3. The predicted molar refractivity (Wildman–Crippen MR) is 70.4 cm³/mol. The van der Waals surface area contributed by atoms with Crippen molar-refractivity contribution in [2.45, 2.75) is 32.2 Å². The summed E-state index contributed by atoms with van der Waals surface area (Å²) in [5.41, 5.74) is 5.81. The minimum atomic E-state index is 0.694. The number of nitrogens with two attached hydrogens (primary N) is 1. The Labute approximate surface area is 99.0 Å². The molecule has 0 aromatic heterocycles. The van der Waals surface area contributed by atoms with E-state index in [1.807, 2.05) is 11.8 Å². The molecule has 2 nitrogen and oxygen atoms in total. The Kier molecular flexibility index (Phi) is 6.02. The molecule has 0 radical (unpaired) electrons. The Morgan fingerprint density at radius 2 is 2.07 bits per heavy atom. The maximum absolute atomic E-state index is 5.81. The van der Waals surface area contributed by atoms with Crippen LogP contribution in [0.3, 0.4) is 0 Å². The average molecular weight is 230 g/mol. The molecule has 90 valence electrons. The van der Waals surface area contributed by atoms with Gasteiger partial charge in [0.05, 0.1) is 0 Å². The molecule has 0 aromatic carbocycles. The van der Waals surface area contributed by atoms with E-state index in [9.17, 15) is 0 Å². The molecule has 0 heterocycles. The van der Waals surface area contributed by atoms with Crippen molar-refractivity contribution in [3.63, 3.8) is 0 Å². The Balaban J connectivity index is 2.33. The van der Waals surface area contributed by atoms with Gasteiger partial charge in [0, 0.05) is 18.3 Å². The minimum absolute atomic E-state index is 0.694. The first-order chi connectivity index (χ1) is 7.19. The third-order valence-corrected chi connectivity index (χ3v) is 4.62. The third-order valence-electron chi connectivity index (χ3n) is 3.80. The van der Waals surface area contributed by atoms with Crippen molar-refractivity contribution in [3.8, 4) is 0 Å². The van der Waals surface area contributed by atoms with Gasteiger partial charge in [0.15, 0.2) is 0 Å². The van der Waals surface area contributed by atoms with Crippen molar-refractivity contribution in [2.24, 2.45) is 17.6 Å². The molecule has 1 fully saturated rings. The zero-order chi connectivity index (χ0) is 11.3. The van der Waals surface area contributed by atoms with Crippen LogP contribution in [0.5, 0.6) is 0 Å². The lowest BCUT2D eigenvalue weighted by molar-refractivity contribution is 0.208. The molecule has 0 aliphatic heterocycles. The molecule has 0 aromatic rings. The van der Waals surface area contributed by atoms with Crippen LogP contribution in [-0.2, 0) is 0 Å². The fraction of sp³-hybridized carbons (Fsp3) is 1.00. The monoisotopic (exact) mass is 230 g/mol. The van der Waals surface area contributed by atoms with Crippen LogP contribution >= 0.6 is 11.8 Å². The lowest BCUT2D eigenvalue weighted by Gasteiger charge is -2.29. The van der Waals surface area contributed by atoms with E-state index in [0.29, 0.717) is 6.04 Å². The Morgan fingerprint density at radius 3 is 2.67 bits per heavy atom. The fourth-order valence-electron chi connectivity index (χ4n) is 2.58. The van der Waals surface area contributed by atoms with Crippen LogP contribution < -0.4 is 5.73 Å².